The maximum absolute atomic E-state index is 6.44. The molecule has 2 atom stereocenters. The second-order valence-corrected chi connectivity index (χ2v) is 5.63. The van der Waals surface area contributed by atoms with Crippen molar-refractivity contribution in [2.24, 2.45) is 11.7 Å². The molecule has 3 rings (SSSR count). The van der Waals surface area contributed by atoms with Crippen LogP contribution in [0.1, 0.15) is 23.1 Å². The largest absolute Gasteiger partial charge is 0.327 e. The molecule has 2 aromatic rings. The number of nitrogens with two attached hydrogens (primary N) is 1. The highest BCUT2D eigenvalue weighted by molar-refractivity contribution is 5.30. The molecule has 0 aliphatic heterocycles. The average molecular weight is 251 g/mol. The Morgan fingerprint density at radius 3 is 2.42 bits per heavy atom. The van der Waals surface area contributed by atoms with Gasteiger partial charge in [-0.3, -0.25) is 0 Å². The quantitative estimate of drug-likeness (QED) is 0.889. The lowest BCUT2D eigenvalue weighted by atomic mass is 9.79. The van der Waals surface area contributed by atoms with Gasteiger partial charge < -0.3 is 5.73 Å². The Labute approximate surface area is 115 Å². The molecule has 0 bridgehead atoms. The van der Waals surface area contributed by atoms with Gasteiger partial charge in [0.25, 0.3) is 0 Å². The van der Waals surface area contributed by atoms with E-state index in [0.29, 0.717) is 5.92 Å². The van der Waals surface area contributed by atoms with Gasteiger partial charge in [0.05, 0.1) is 0 Å². The van der Waals surface area contributed by atoms with Crippen LogP contribution in [0.25, 0.3) is 0 Å². The van der Waals surface area contributed by atoms with E-state index in [0.717, 1.165) is 12.8 Å². The summed E-state index contributed by atoms with van der Waals surface area (Å²) >= 11 is 0. The molecule has 0 spiro atoms. The Bertz CT molecular complexity index is 532. The molecule has 2 aromatic carbocycles. The van der Waals surface area contributed by atoms with E-state index in [4.69, 9.17) is 5.73 Å². The van der Waals surface area contributed by atoms with Gasteiger partial charge >= 0.3 is 0 Å². The molecule has 0 fully saturated rings. The van der Waals surface area contributed by atoms with Crippen LogP contribution >= 0.6 is 0 Å². The van der Waals surface area contributed by atoms with Gasteiger partial charge in [0.1, 0.15) is 0 Å². The van der Waals surface area contributed by atoms with E-state index < -0.39 is 0 Å². The minimum Gasteiger partial charge on any atom is -0.327 e. The monoisotopic (exact) mass is 251 g/mol. The summed E-state index contributed by atoms with van der Waals surface area (Å²) in [7, 11) is 0. The highest BCUT2D eigenvalue weighted by Crippen LogP contribution is 2.27. The zero-order valence-corrected chi connectivity index (χ0v) is 11.3. The summed E-state index contributed by atoms with van der Waals surface area (Å²) in [5.41, 5.74) is 10.8. The first-order chi connectivity index (χ1) is 9.33. The Morgan fingerprint density at radius 2 is 1.63 bits per heavy atom. The van der Waals surface area contributed by atoms with Crippen LogP contribution in [0.15, 0.2) is 54.6 Å². The van der Waals surface area contributed by atoms with Crippen LogP contribution in [0, 0.1) is 5.92 Å². The van der Waals surface area contributed by atoms with Crippen LogP contribution in [0.3, 0.4) is 0 Å². The van der Waals surface area contributed by atoms with E-state index in [1.54, 1.807) is 0 Å². The lowest BCUT2D eigenvalue weighted by Crippen LogP contribution is -2.35. The minimum atomic E-state index is 0.274. The predicted octanol–water partition coefficient (Wildman–Crippen LogP) is 3.36. The van der Waals surface area contributed by atoms with Crippen molar-refractivity contribution in [1.29, 1.82) is 0 Å². The number of hydrogen-bond acceptors (Lipinski definition) is 1. The summed E-state index contributed by atoms with van der Waals surface area (Å²) in [6.07, 6.45) is 4.55. The van der Waals surface area contributed by atoms with Gasteiger partial charge in [-0.1, -0.05) is 54.6 Å². The van der Waals surface area contributed by atoms with Crippen LogP contribution in [-0.2, 0) is 19.3 Å². The summed E-state index contributed by atoms with van der Waals surface area (Å²) in [4.78, 5) is 0. The van der Waals surface area contributed by atoms with Crippen LogP contribution in [0.4, 0.5) is 0 Å². The Hall–Kier alpha value is -1.60. The van der Waals surface area contributed by atoms with Gasteiger partial charge in [-0.15, -0.1) is 0 Å². The van der Waals surface area contributed by atoms with Crippen LogP contribution in [-0.4, -0.2) is 6.04 Å². The zero-order valence-electron chi connectivity index (χ0n) is 11.3. The first-order valence-electron chi connectivity index (χ1n) is 7.19. The fraction of sp³-hybridized carbons (Fsp3) is 0.333. The van der Waals surface area contributed by atoms with E-state index in [-0.39, 0.29) is 6.04 Å². The van der Waals surface area contributed by atoms with Gasteiger partial charge in [0.2, 0.25) is 0 Å². The molecule has 0 radical (unpaired) electrons. The fourth-order valence-corrected chi connectivity index (χ4v) is 3.14. The summed E-state index contributed by atoms with van der Waals surface area (Å²) in [6.45, 7) is 0. The smallest absolute Gasteiger partial charge is 0.0111 e. The molecule has 0 heterocycles. The Balaban J connectivity index is 1.68. The van der Waals surface area contributed by atoms with E-state index in [1.807, 2.05) is 0 Å². The van der Waals surface area contributed by atoms with Crippen molar-refractivity contribution in [3.8, 4) is 0 Å². The summed E-state index contributed by atoms with van der Waals surface area (Å²) in [5, 5.41) is 0. The molecule has 2 unspecified atom stereocenters. The van der Waals surface area contributed by atoms with Crippen LogP contribution in [0.2, 0.25) is 0 Å². The van der Waals surface area contributed by atoms with Crippen molar-refractivity contribution in [1.82, 2.24) is 0 Å². The third-order valence-electron chi connectivity index (χ3n) is 4.30. The number of hydrogen-bond donors (Lipinski definition) is 1. The van der Waals surface area contributed by atoms with Gasteiger partial charge in [0.15, 0.2) is 0 Å². The maximum atomic E-state index is 6.44. The molecule has 1 aliphatic rings. The summed E-state index contributed by atoms with van der Waals surface area (Å²) in [6, 6.07) is 19.7. The van der Waals surface area contributed by atoms with Gasteiger partial charge in [-0.25, -0.2) is 0 Å². The van der Waals surface area contributed by atoms with E-state index in [2.05, 4.69) is 54.6 Å². The number of fused-ring (bicyclic) bond motifs is 1. The van der Waals surface area contributed by atoms with E-state index >= 15 is 0 Å². The third kappa shape index (κ3) is 2.87. The zero-order chi connectivity index (χ0) is 13.1. The predicted molar refractivity (Wildman–Crippen MR) is 80.1 cm³/mol. The first kappa shape index (κ1) is 12.4. The molecule has 19 heavy (non-hydrogen) atoms. The lowest BCUT2D eigenvalue weighted by molar-refractivity contribution is 0.372. The molecular formula is C18H21N. The van der Waals surface area contributed by atoms with Gasteiger partial charge in [-0.2, -0.15) is 0 Å². The van der Waals surface area contributed by atoms with Crippen molar-refractivity contribution in [2.45, 2.75) is 31.7 Å². The Kier molecular flexibility index (Phi) is 3.65. The molecule has 2 N–H and O–H groups in total. The second-order valence-electron chi connectivity index (χ2n) is 5.63. The highest BCUT2D eigenvalue weighted by Gasteiger charge is 2.23. The SMILES string of the molecule is NC(Cc1ccccc1)C1CCc2ccccc2C1. The molecule has 98 valence electrons. The number of aryl methyl sites for hydroxylation is 1. The van der Waals surface area contributed by atoms with E-state index in [9.17, 15) is 0 Å². The van der Waals surface area contributed by atoms with Crippen LogP contribution < -0.4 is 5.73 Å². The van der Waals surface area contributed by atoms with Gasteiger partial charge in [0, 0.05) is 6.04 Å². The molecule has 0 saturated carbocycles. The second kappa shape index (κ2) is 5.58. The molecule has 1 heteroatoms. The normalized spacial score (nSPS) is 19.7. The summed E-state index contributed by atoms with van der Waals surface area (Å²) in [5.74, 6) is 0.620. The molecule has 1 nitrogen and oxygen atoms in total. The topological polar surface area (TPSA) is 26.0 Å². The number of benzene rings is 2. The number of rotatable bonds is 3. The Morgan fingerprint density at radius 1 is 0.947 bits per heavy atom. The molecule has 1 aliphatic carbocycles. The molecular weight excluding hydrogens is 230 g/mol. The third-order valence-corrected chi connectivity index (χ3v) is 4.30. The maximum Gasteiger partial charge on any atom is 0.0111 e. The van der Waals surface area contributed by atoms with Crippen molar-refractivity contribution >= 4 is 0 Å². The van der Waals surface area contributed by atoms with E-state index in [1.165, 1.54) is 29.5 Å². The highest BCUT2D eigenvalue weighted by atomic mass is 14.6. The average Bonchev–Trinajstić information content (AvgIpc) is 2.48. The van der Waals surface area contributed by atoms with Crippen molar-refractivity contribution in [2.75, 3.05) is 0 Å². The fourth-order valence-electron chi connectivity index (χ4n) is 3.14. The summed E-state index contributed by atoms with van der Waals surface area (Å²) < 4.78 is 0. The standard InChI is InChI=1S/C18H21N/c19-18(12-14-6-2-1-3-7-14)17-11-10-15-8-4-5-9-16(15)13-17/h1-9,17-18H,10-13,19H2. The van der Waals surface area contributed by atoms with Crippen molar-refractivity contribution in [3.63, 3.8) is 0 Å². The lowest BCUT2D eigenvalue weighted by Gasteiger charge is -2.29. The molecule has 0 amide bonds. The molecule has 0 aromatic heterocycles. The first-order valence-corrected chi connectivity index (χ1v) is 7.19. The van der Waals surface area contributed by atoms with Gasteiger partial charge in [-0.05, 0) is 48.3 Å². The van der Waals surface area contributed by atoms with Crippen LogP contribution in [0.5, 0.6) is 0 Å². The molecule has 0 saturated heterocycles. The van der Waals surface area contributed by atoms with Crippen molar-refractivity contribution < 1.29 is 0 Å². The minimum absolute atomic E-state index is 0.274. The van der Waals surface area contributed by atoms with Crippen molar-refractivity contribution in [3.05, 3.63) is 71.3 Å².